The fourth-order valence-corrected chi connectivity index (χ4v) is 1.01. The summed E-state index contributed by atoms with van der Waals surface area (Å²) in [6, 6.07) is 6.75. The highest BCUT2D eigenvalue weighted by molar-refractivity contribution is 5.93. The van der Waals surface area contributed by atoms with Crippen LogP contribution in [0.5, 0.6) is 0 Å². The van der Waals surface area contributed by atoms with Crippen LogP contribution in [0.3, 0.4) is 0 Å². The number of nitrogen functional groups attached to an aromatic ring is 1. The van der Waals surface area contributed by atoms with E-state index in [2.05, 4.69) is 11.8 Å². The third-order valence-corrected chi connectivity index (χ3v) is 1.75. The number of hydrogen-bond donors (Lipinski definition) is 3. The highest BCUT2D eigenvalue weighted by Crippen LogP contribution is 2.02. The molecule has 15 heavy (non-hydrogen) atoms. The molecule has 1 amide bonds. The summed E-state index contributed by atoms with van der Waals surface area (Å²) in [5.74, 6) is 10.3. The van der Waals surface area contributed by atoms with Gasteiger partial charge in [-0.05, 0) is 24.3 Å². The molecular formula is C11H12N2O2. The van der Waals surface area contributed by atoms with Crippen LogP contribution < -0.4 is 11.3 Å². The summed E-state index contributed by atoms with van der Waals surface area (Å²) in [5.41, 5.74) is 3.34. The van der Waals surface area contributed by atoms with Crippen molar-refractivity contribution in [1.29, 1.82) is 0 Å². The minimum Gasteiger partial charge on any atom is -0.395 e. The molecule has 0 aliphatic heterocycles. The number of aliphatic hydroxyl groups is 1. The molecule has 4 nitrogen and oxygen atoms in total. The van der Waals surface area contributed by atoms with Crippen molar-refractivity contribution in [1.82, 2.24) is 5.43 Å². The topological polar surface area (TPSA) is 75.3 Å². The Hall–Kier alpha value is -1.83. The molecule has 0 heterocycles. The number of hydrogen-bond acceptors (Lipinski definition) is 3. The van der Waals surface area contributed by atoms with Gasteiger partial charge < -0.3 is 5.11 Å². The van der Waals surface area contributed by atoms with Gasteiger partial charge in [-0.2, -0.15) is 0 Å². The SMILES string of the molecule is NNC(=O)c1ccc(C#CCCO)cc1. The molecule has 0 saturated heterocycles. The zero-order valence-electron chi connectivity index (χ0n) is 8.16. The monoisotopic (exact) mass is 204 g/mol. The zero-order valence-corrected chi connectivity index (χ0v) is 8.16. The molecule has 78 valence electrons. The predicted molar refractivity (Wildman–Crippen MR) is 56.7 cm³/mol. The van der Waals surface area contributed by atoms with Gasteiger partial charge in [0.2, 0.25) is 0 Å². The largest absolute Gasteiger partial charge is 0.395 e. The van der Waals surface area contributed by atoms with Gasteiger partial charge in [0.25, 0.3) is 5.91 Å². The third kappa shape index (κ3) is 3.43. The van der Waals surface area contributed by atoms with Gasteiger partial charge in [0.05, 0.1) is 6.61 Å². The van der Waals surface area contributed by atoms with Crippen LogP contribution in [0.1, 0.15) is 22.3 Å². The van der Waals surface area contributed by atoms with Crippen molar-refractivity contribution in [2.24, 2.45) is 5.84 Å². The standard InChI is InChI=1S/C11H12N2O2/c12-13-11(15)10-6-4-9(5-7-10)3-1-2-8-14/h4-7,14H,2,8,12H2,(H,13,15). The second-order valence-electron chi connectivity index (χ2n) is 2.83. The van der Waals surface area contributed by atoms with Crippen molar-refractivity contribution < 1.29 is 9.90 Å². The van der Waals surface area contributed by atoms with Crippen LogP contribution in [-0.4, -0.2) is 17.6 Å². The Morgan fingerprint density at radius 3 is 2.60 bits per heavy atom. The van der Waals surface area contributed by atoms with E-state index in [1.165, 1.54) is 0 Å². The van der Waals surface area contributed by atoms with E-state index in [0.29, 0.717) is 12.0 Å². The van der Waals surface area contributed by atoms with Crippen LogP contribution in [0.4, 0.5) is 0 Å². The van der Waals surface area contributed by atoms with Crippen LogP contribution in [0.25, 0.3) is 0 Å². The van der Waals surface area contributed by atoms with Crippen molar-refractivity contribution in [2.75, 3.05) is 6.61 Å². The lowest BCUT2D eigenvalue weighted by Gasteiger charge is -1.98. The Morgan fingerprint density at radius 1 is 1.40 bits per heavy atom. The van der Waals surface area contributed by atoms with Crippen molar-refractivity contribution in [3.63, 3.8) is 0 Å². The summed E-state index contributed by atoms with van der Waals surface area (Å²) in [5, 5.41) is 8.52. The average molecular weight is 204 g/mol. The molecule has 0 fully saturated rings. The number of nitrogens with one attached hydrogen (secondary N) is 1. The van der Waals surface area contributed by atoms with Gasteiger partial charge in [-0.3, -0.25) is 10.2 Å². The average Bonchev–Trinajstić information content (AvgIpc) is 2.29. The summed E-state index contributed by atoms with van der Waals surface area (Å²) in [6.45, 7) is 0.0562. The molecule has 0 saturated carbocycles. The molecule has 0 aliphatic carbocycles. The summed E-state index contributed by atoms with van der Waals surface area (Å²) >= 11 is 0. The molecule has 0 bridgehead atoms. The second-order valence-corrected chi connectivity index (χ2v) is 2.83. The molecule has 0 unspecified atom stereocenters. The maximum atomic E-state index is 11.1. The van der Waals surface area contributed by atoms with Gasteiger partial charge in [-0.1, -0.05) is 11.8 Å². The molecule has 1 aromatic carbocycles. The lowest BCUT2D eigenvalue weighted by atomic mass is 10.1. The smallest absolute Gasteiger partial charge is 0.265 e. The summed E-state index contributed by atoms with van der Waals surface area (Å²) in [4.78, 5) is 11.1. The summed E-state index contributed by atoms with van der Waals surface area (Å²) < 4.78 is 0. The minimum atomic E-state index is -0.329. The fraction of sp³-hybridized carbons (Fsp3) is 0.182. The molecule has 0 atom stereocenters. The van der Waals surface area contributed by atoms with Gasteiger partial charge in [0, 0.05) is 17.5 Å². The Balaban J connectivity index is 2.73. The molecule has 0 radical (unpaired) electrons. The number of aliphatic hydroxyl groups excluding tert-OH is 1. The highest BCUT2D eigenvalue weighted by atomic mass is 16.2. The number of amides is 1. The van der Waals surface area contributed by atoms with Crippen LogP contribution >= 0.6 is 0 Å². The molecule has 4 N–H and O–H groups in total. The molecule has 1 rings (SSSR count). The van der Waals surface area contributed by atoms with Crippen LogP contribution in [0.2, 0.25) is 0 Å². The molecular weight excluding hydrogens is 192 g/mol. The van der Waals surface area contributed by atoms with E-state index in [9.17, 15) is 4.79 Å². The van der Waals surface area contributed by atoms with Gasteiger partial charge in [-0.15, -0.1) is 0 Å². The molecule has 0 aliphatic rings. The zero-order chi connectivity index (χ0) is 11.1. The Morgan fingerprint density at radius 2 is 2.07 bits per heavy atom. The first kappa shape index (κ1) is 11.2. The molecule has 1 aromatic rings. The lowest BCUT2D eigenvalue weighted by molar-refractivity contribution is 0.0953. The Labute approximate surface area is 88.1 Å². The van der Waals surface area contributed by atoms with Crippen LogP contribution in [-0.2, 0) is 0 Å². The number of hydrazine groups is 1. The Kier molecular flexibility index (Phi) is 4.35. The number of rotatable bonds is 2. The normalized spacial score (nSPS) is 8.93. The Bertz CT molecular complexity index is 387. The van der Waals surface area contributed by atoms with Crippen molar-refractivity contribution in [3.8, 4) is 11.8 Å². The second kappa shape index (κ2) is 5.81. The van der Waals surface area contributed by atoms with E-state index in [-0.39, 0.29) is 12.5 Å². The van der Waals surface area contributed by atoms with Crippen LogP contribution in [0.15, 0.2) is 24.3 Å². The van der Waals surface area contributed by atoms with E-state index >= 15 is 0 Å². The van der Waals surface area contributed by atoms with Crippen molar-refractivity contribution in [2.45, 2.75) is 6.42 Å². The fourth-order valence-electron chi connectivity index (χ4n) is 1.01. The van der Waals surface area contributed by atoms with Crippen LogP contribution in [0, 0.1) is 11.8 Å². The van der Waals surface area contributed by atoms with E-state index in [4.69, 9.17) is 10.9 Å². The van der Waals surface area contributed by atoms with E-state index in [1.807, 2.05) is 5.43 Å². The number of carbonyl (C=O) groups excluding carboxylic acids is 1. The van der Waals surface area contributed by atoms with E-state index < -0.39 is 0 Å². The van der Waals surface area contributed by atoms with Gasteiger partial charge in [0.15, 0.2) is 0 Å². The number of benzene rings is 1. The van der Waals surface area contributed by atoms with Crippen molar-refractivity contribution in [3.05, 3.63) is 35.4 Å². The quantitative estimate of drug-likeness (QED) is 0.275. The van der Waals surface area contributed by atoms with Gasteiger partial charge >= 0.3 is 0 Å². The highest BCUT2D eigenvalue weighted by Gasteiger charge is 2.00. The first-order valence-corrected chi connectivity index (χ1v) is 4.48. The first-order chi connectivity index (χ1) is 7.27. The summed E-state index contributed by atoms with van der Waals surface area (Å²) in [6.07, 6.45) is 0.449. The van der Waals surface area contributed by atoms with E-state index in [1.54, 1.807) is 24.3 Å². The van der Waals surface area contributed by atoms with E-state index in [0.717, 1.165) is 5.56 Å². The number of carbonyl (C=O) groups is 1. The minimum absolute atomic E-state index is 0.0562. The van der Waals surface area contributed by atoms with Gasteiger partial charge in [-0.25, -0.2) is 5.84 Å². The van der Waals surface area contributed by atoms with Gasteiger partial charge in [0.1, 0.15) is 0 Å². The first-order valence-electron chi connectivity index (χ1n) is 4.48. The number of nitrogens with two attached hydrogens (primary N) is 1. The predicted octanol–water partition coefficient (Wildman–Crippen LogP) is 0.0240. The van der Waals surface area contributed by atoms with Crippen molar-refractivity contribution >= 4 is 5.91 Å². The molecule has 4 heteroatoms. The third-order valence-electron chi connectivity index (χ3n) is 1.75. The maximum Gasteiger partial charge on any atom is 0.265 e. The molecule has 0 aromatic heterocycles. The maximum absolute atomic E-state index is 11.1. The summed E-state index contributed by atoms with van der Waals surface area (Å²) in [7, 11) is 0. The molecule has 0 spiro atoms. The lowest BCUT2D eigenvalue weighted by Crippen LogP contribution is -2.29.